The summed E-state index contributed by atoms with van der Waals surface area (Å²) >= 11 is 16.0. The lowest BCUT2D eigenvalue weighted by atomic mass is 10.1. The van der Waals surface area contributed by atoms with Crippen LogP contribution in [0.5, 0.6) is 0 Å². The van der Waals surface area contributed by atoms with Gasteiger partial charge in [0, 0.05) is 33.4 Å². The maximum Gasteiger partial charge on any atom is 0.204 e. The third-order valence-electron chi connectivity index (χ3n) is 4.28. The molecule has 3 aromatic rings. The molecule has 0 aliphatic heterocycles. The Hall–Kier alpha value is -2.07. The zero-order valence-electron chi connectivity index (χ0n) is 15.6. The summed E-state index contributed by atoms with van der Waals surface area (Å²) in [5, 5.41) is 4.93. The van der Waals surface area contributed by atoms with Gasteiger partial charge in [-0.05, 0) is 54.8 Å². The van der Waals surface area contributed by atoms with Gasteiger partial charge in [0.1, 0.15) is 0 Å². The van der Waals surface area contributed by atoms with E-state index in [0.29, 0.717) is 0 Å². The molecule has 0 bridgehead atoms. The van der Waals surface area contributed by atoms with Gasteiger partial charge in [-0.25, -0.2) is 4.99 Å². The average Bonchev–Trinajstić information content (AvgIpc) is 2.67. The van der Waals surface area contributed by atoms with E-state index in [1.54, 1.807) is 0 Å². The molecule has 0 aliphatic rings. The van der Waals surface area contributed by atoms with E-state index in [1.165, 1.54) is 0 Å². The van der Waals surface area contributed by atoms with E-state index < -0.39 is 0 Å². The summed E-state index contributed by atoms with van der Waals surface area (Å²) in [5.41, 5.74) is 5.96. The lowest BCUT2D eigenvalue weighted by molar-refractivity contribution is -0.346. The smallest absolute Gasteiger partial charge is 0.204 e. The van der Waals surface area contributed by atoms with E-state index in [9.17, 15) is 0 Å². The average molecular weight is 475 g/mol. The van der Waals surface area contributed by atoms with Crippen LogP contribution in [0.2, 0.25) is 10.0 Å². The Morgan fingerprint density at radius 1 is 0.893 bits per heavy atom. The van der Waals surface area contributed by atoms with Crippen LogP contribution in [0, 0.1) is 13.8 Å². The fourth-order valence-corrected chi connectivity index (χ4v) is 3.19. The number of anilines is 1. The third kappa shape index (κ3) is 5.48. The first kappa shape index (κ1) is 20.7. The van der Waals surface area contributed by atoms with E-state index in [0.717, 1.165) is 48.3 Å². The van der Waals surface area contributed by atoms with Gasteiger partial charge >= 0.3 is 0 Å². The van der Waals surface area contributed by atoms with E-state index in [2.05, 4.69) is 38.4 Å². The first-order valence-corrected chi connectivity index (χ1v) is 10.3. The second kappa shape index (κ2) is 9.42. The molecule has 0 spiro atoms. The number of hydrogen-bond donors (Lipinski definition) is 2. The van der Waals surface area contributed by atoms with Crippen molar-refractivity contribution in [3.8, 4) is 0 Å². The molecule has 2 N–H and O–H groups in total. The molecule has 0 aromatic heterocycles. The topological polar surface area (TPSA) is 26.0 Å². The van der Waals surface area contributed by atoms with Gasteiger partial charge in [-0.3, -0.25) is 0 Å². The number of nitrogens with one attached hydrogen (secondary N) is 2. The lowest BCUT2D eigenvalue weighted by Gasteiger charge is -2.12. The highest BCUT2D eigenvalue weighted by Gasteiger charge is 2.05. The summed E-state index contributed by atoms with van der Waals surface area (Å²) in [5.74, 6) is 0. The number of halogens is 3. The Bertz CT molecular complexity index is 1040. The number of rotatable bonds is 5. The molecule has 0 fully saturated rings. The Kier molecular flexibility index (Phi) is 6.95. The maximum atomic E-state index is 6.28. The minimum atomic E-state index is 0.733. The molecule has 0 radical (unpaired) electrons. The van der Waals surface area contributed by atoms with Crippen molar-refractivity contribution < 1.29 is 4.99 Å². The van der Waals surface area contributed by atoms with Crippen molar-refractivity contribution in [3.05, 3.63) is 97.9 Å². The van der Waals surface area contributed by atoms with E-state index in [4.69, 9.17) is 23.2 Å². The third-order valence-corrected chi connectivity index (χ3v) is 5.62. The van der Waals surface area contributed by atoms with Crippen LogP contribution in [-0.4, -0.2) is 6.21 Å². The molecule has 0 saturated heterocycles. The first-order valence-electron chi connectivity index (χ1n) is 8.78. The molecule has 0 atom stereocenters. The van der Waals surface area contributed by atoms with Gasteiger partial charge in [-0.2, -0.15) is 0 Å². The fraction of sp³-hybridized carbons (Fsp3) is 0.0870. The molecule has 3 aromatic carbocycles. The van der Waals surface area contributed by atoms with E-state index >= 15 is 0 Å². The first-order chi connectivity index (χ1) is 13.4. The normalized spacial score (nSPS) is 11.8. The standard InChI is InChI=1S/C23H19BrCl2N2/c1-15-3-9-19(13-21(15)25)27-12-11-23(17-5-7-18(24)8-6-17)28-20-10-4-16(2)22(26)14-20/h3-14,28H,1-2H3/p+1. The van der Waals surface area contributed by atoms with Crippen LogP contribution in [0.25, 0.3) is 5.70 Å². The molecular formula is C23H20BrCl2N2+. The number of hydrogen-bond acceptors (Lipinski definition) is 1. The lowest BCUT2D eigenvalue weighted by Crippen LogP contribution is -2.61. The summed E-state index contributed by atoms with van der Waals surface area (Å²) in [4.78, 5) is 3.27. The number of allylic oxidation sites excluding steroid dienone is 1. The van der Waals surface area contributed by atoms with Gasteiger partial charge in [0.05, 0.1) is 10.7 Å². The minimum absolute atomic E-state index is 0.733. The molecule has 142 valence electrons. The summed E-state index contributed by atoms with van der Waals surface area (Å²) in [6, 6.07) is 20.0. The zero-order chi connectivity index (χ0) is 20.1. The van der Waals surface area contributed by atoms with Crippen LogP contribution in [0.15, 0.2) is 71.2 Å². The number of aryl methyl sites for hydroxylation is 2. The summed E-state index contributed by atoms with van der Waals surface area (Å²) < 4.78 is 1.03. The SMILES string of the molecule is Cc1ccc(NC(=CC=[NH+]c2ccc(C)c(Cl)c2)c2ccc(Br)cc2)cc1Cl. The van der Waals surface area contributed by atoms with Gasteiger partial charge < -0.3 is 5.32 Å². The predicted octanol–water partition coefficient (Wildman–Crippen LogP) is 6.31. The molecule has 0 heterocycles. The fourth-order valence-electron chi connectivity index (χ4n) is 2.57. The van der Waals surface area contributed by atoms with Crippen molar-refractivity contribution in [1.82, 2.24) is 0 Å². The Labute approximate surface area is 184 Å². The highest BCUT2D eigenvalue weighted by atomic mass is 79.9. The van der Waals surface area contributed by atoms with Crippen LogP contribution in [0.4, 0.5) is 11.4 Å². The monoisotopic (exact) mass is 473 g/mol. The molecule has 3 rings (SSSR count). The van der Waals surface area contributed by atoms with Gasteiger partial charge in [0.25, 0.3) is 0 Å². The maximum absolute atomic E-state index is 6.28. The molecule has 0 saturated carbocycles. The molecule has 28 heavy (non-hydrogen) atoms. The Morgan fingerprint density at radius 3 is 2.18 bits per heavy atom. The van der Waals surface area contributed by atoms with Gasteiger partial charge in [0.2, 0.25) is 5.69 Å². The number of benzene rings is 3. The highest BCUT2D eigenvalue weighted by Crippen LogP contribution is 2.24. The predicted molar refractivity (Wildman–Crippen MR) is 125 cm³/mol. The van der Waals surface area contributed by atoms with Gasteiger partial charge in [0.15, 0.2) is 6.21 Å². The summed E-state index contributed by atoms with van der Waals surface area (Å²) in [6.07, 6.45) is 3.88. The van der Waals surface area contributed by atoms with Crippen LogP contribution >= 0.6 is 39.1 Å². The van der Waals surface area contributed by atoms with Crippen LogP contribution in [0.3, 0.4) is 0 Å². The second-order valence-electron chi connectivity index (χ2n) is 6.45. The van der Waals surface area contributed by atoms with Crippen molar-refractivity contribution in [2.75, 3.05) is 5.32 Å². The van der Waals surface area contributed by atoms with Crippen molar-refractivity contribution >= 4 is 62.4 Å². The van der Waals surface area contributed by atoms with Crippen LogP contribution in [0.1, 0.15) is 16.7 Å². The minimum Gasteiger partial charge on any atom is -0.355 e. The molecular weight excluding hydrogens is 455 g/mol. The van der Waals surface area contributed by atoms with Gasteiger partial charge in [-0.1, -0.05) is 63.4 Å². The van der Waals surface area contributed by atoms with Crippen molar-refractivity contribution in [2.45, 2.75) is 13.8 Å². The van der Waals surface area contributed by atoms with Crippen LogP contribution in [-0.2, 0) is 0 Å². The van der Waals surface area contributed by atoms with Crippen molar-refractivity contribution in [2.24, 2.45) is 0 Å². The highest BCUT2D eigenvalue weighted by molar-refractivity contribution is 9.10. The van der Waals surface area contributed by atoms with Crippen molar-refractivity contribution in [1.29, 1.82) is 0 Å². The molecule has 2 nitrogen and oxygen atoms in total. The largest absolute Gasteiger partial charge is 0.355 e. The summed E-state index contributed by atoms with van der Waals surface area (Å²) in [7, 11) is 0. The Balaban J connectivity index is 1.91. The quantitative estimate of drug-likeness (QED) is 0.416. The van der Waals surface area contributed by atoms with Crippen molar-refractivity contribution in [3.63, 3.8) is 0 Å². The molecule has 0 aliphatic carbocycles. The zero-order valence-corrected chi connectivity index (χ0v) is 18.7. The summed E-state index contributed by atoms with van der Waals surface area (Å²) in [6.45, 7) is 3.97. The Morgan fingerprint density at radius 2 is 1.54 bits per heavy atom. The molecule has 5 heteroatoms. The molecule has 0 amide bonds. The van der Waals surface area contributed by atoms with E-state index in [-0.39, 0.29) is 0 Å². The molecule has 0 unspecified atom stereocenters. The van der Waals surface area contributed by atoms with Gasteiger partial charge in [-0.15, -0.1) is 0 Å². The van der Waals surface area contributed by atoms with E-state index in [1.807, 2.05) is 74.7 Å². The second-order valence-corrected chi connectivity index (χ2v) is 8.18. The van der Waals surface area contributed by atoms with Crippen LogP contribution < -0.4 is 10.3 Å².